The van der Waals surface area contributed by atoms with Crippen molar-refractivity contribution < 1.29 is 0 Å². The molecule has 0 atom stereocenters. The Labute approximate surface area is 96.9 Å². The second kappa shape index (κ2) is 5.52. The Morgan fingerprint density at radius 1 is 1.33 bits per heavy atom. The van der Waals surface area contributed by atoms with E-state index in [9.17, 15) is 0 Å². The SMILES string of the molecule is CCNCc1ccc(SC(C)(C)C)nc1. The minimum atomic E-state index is 0.232. The molecule has 0 unspecified atom stereocenters. The summed E-state index contributed by atoms with van der Waals surface area (Å²) in [6.07, 6.45) is 1.96. The van der Waals surface area contributed by atoms with Gasteiger partial charge in [0.1, 0.15) is 0 Å². The lowest BCUT2D eigenvalue weighted by molar-refractivity contribution is 0.722. The Hall–Kier alpha value is -0.540. The van der Waals surface area contributed by atoms with Crippen LogP contribution in [0.15, 0.2) is 23.4 Å². The van der Waals surface area contributed by atoms with E-state index in [1.165, 1.54) is 5.56 Å². The van der Waals surface area contributed by atoms with Crippen LogP contribution in [0.5, 0.6) is 0 Å². The highest BCUT2D eigenvalue weighted by Crippen LogP contribution is 2.29. The summed E-state index contributed by atoms with van der Waals surface area (Å²) in [4.78, 5) is 4.44. The topological polar surface area (TPSA) is 24.9 Å². The molecular formula is C12H20N2S. The summed E-state index contributed by atoms with van der Waals surface area (Å²) in [5.41, 5.74) is 1.25. The van der Waals surface area contributed by atoms with Crippen LogP contribution in [0.4, 0.5) is 0 Å². The molecule has 2 nitrogen and oxygen atoms in total. The largest absolute Gasteiger partial charge is 0.313 e. The van der Waals surface area contributed by atoms with Gasteiger partial charge in [0.2, 0.25) is 0 Å². The van der Waals surface area contributed by atoms with Crippen molar-refractivity contribution in [3.05, 3.63) is 23.9 Å². The molecule has 0 amide bonds. The summed E-state index contributed by atoms with van der Waals surface area (Å²) in [5, 5.41) is 4.39. The van der Waals surface area contributed by atoms with Crippen molar-refractivity contribution in [2.75, 3.05) is 6.54 Å². The minimum absolute atomic E-state index is 0.232. The smallest absolute Gasteiger partial charge is 0.0965 e. The van der Waals surface area contributed by atoms with Crippen molar-refractivity contribution in [3.8, 4) is 0 Å². The van der Waals surface area contributed by atoms with Crippen LogP contribution < -0.4 is 5.32 Å². The number of hydrogen-bond acceptors (Lipinski definition) is 3. The molecule has 1 aromatic rings. The van der Waals surface area contributed by atoms with Crippen LogP contribution in [0, 0.1) is 0 Å². The first-order valence-electron chi connectivity index (χ1n) is 5.36. The molecule has 0 spiro atoms. The highest BCUT2D eigenvalue weighted by molar-refractivity contribution is 8.00. The monoisotopic (exact) mass is 224 g/mol. The van der Waals surface area contributed by atoms with Gasteiger partial charge in [0.05, 0.1) is 5.03 Å². The molecule has 3 heteroatoms. The molecule has 0 aliphatic heterocycles. The molecule has 15 heavy (non-hydrogen) atoms. The van der Waals surface area contributed by atoms with Gasteiger partial charge in [-0.05, 0) is 18.2 Å². The Balaban J connectivity index is 2.56. The van der Waals surface area contributed by atoms with Crippen LogP contribution in [0.25, 0.3) is 0 Å². The van der Waals surface area contributed by atoms with Crippen molar-refractivity contribution in [2.24, 2.45) is 0 Å². The maximum atomic E-state index is 4.44. The molecule has 1 rings (SSSR count). The molecule has 0 saturated heterocycles. The first-order valence-corrected chi connectivity index (χ1v) is 6.17. The number of aromatic nitrogens is 1. The zero-order valence-corrected chi connectivity index (χ0v) is 10.8. The predicted octanol–water partition coefficient (Wildman–Crippen LogP) is 3.08. The van der Waals surface area contributed by atoms with Crippen LogP contribution in [-0.4, -0.2) is 16.3 Å². The van der Waals surface area contributed by atoms with Gasteiger partial charge in [-0.25, -0.2) is 4.98 Å². The van der Waals surface area contributed by atoms with Gasteiger partial charge < -0.3 is 5.32 Å². The van der Waals surface area contributed by atoms with E-state index in [4.69, 9.17) is 0 Å². The Bertz CT molecular complexity index is 287. The average molecular weight is 224 g/mol. The summed E-state index contributed by atoms with van der Waals surface area (Å²) in [6, 6.07) is 4.24. The third kappa shape index (κ3) is 5.19. The number of rotatable bonds is 4. The van der Waals surface area contributed by atoms with E-state index in [-0.39, 0.29) is 4.75 Å². The van der Waals surface area contributed by atoms with Crippen LogP contribution in [-0.2, 0) is 6.54 Å². The Morgan fingerprint density at radius 2 is 2.07 bits per heavy atom. The molecule has 1 aromatic heterocycles. The first kappa shape index (κ1) is 12.5. The second-order valence-corrected chi connectivity index (χ2v) is 6.35. The third-order valence-corrected chi connectivity index (χ3v) is 2.85. The van der Waals surface area contributed by atoms with E-state index in [0.717, 1.165) is 18.1 Å². The summed E-state index contributed by atoms with van der Waals surface area (Å²) in [6.45, 7) is 10.6. The highest BCUT2D eigenvalue weighted by atomic mass is 32.2. The summed E-state index contributed by atoms with van der Waals surface area (Å²) < 4.78 is 0.232. The van der Waals surface area contributed by atoms with Crippen molar-refractivity contribution >= 4 is 11.8 Å². The van der Waals surface area contributed by atoms with Crippen molar-refractivity contribution in [3.63, 3.8) is 0 Å². The number of thioether (sulfide) groups is 1. The molecule has 0 aliphatic carbocycles. The normalized spacial score (nSPS) is 11.7. The zero-order valence-electron chi connectivity index (χ0n) is 10.0. The molecule has 0 fully saturated rings. The Morgan fingerprint density at radius 3 is 2.53 bits per heavy atom. The van der Waals surface area contributed by atoms with Crippen LogP contribution in [0.1, 0.15) is 33.3 Å². The lowest BCUT2D eigenvalue weighted by Gasteiger charge is -2.16. The van der Waals surface area contributed by atoms with E-state index in [1.807, 2.05) is 6.20 Å². The van der Waals surface area contributed by atoms with Gasteiger partial charge in [-0.1, -0.05) is 33.8 Å². The highest BCUT2D eigenvalue weighted by Gasteiger charge is 2.12. The molecule has 0 saturated carbocycles. The van der Waals surface area contributed by atoms with Gasteiger partial charge in [0.25, 0.3) is 0 Å². The van der Waals surface area contributed by atoms with Gasteiger partial charge in [-0.2, -0.15) is 0 Å². The molecular weight excluding hydrogens is 204 g/mol. The number of nitrogens with one attached hydrogen (secondary N) is 1. The molecule has 0 aliphatic rings. The zero-order chi connectivity index (χ0) is 11.3. The second-order valence-electron chi connectivity index (χ2n) is 4.50. The van der Waals surface area contributed by atoms with Crippen molar-refractivity contribution in [1.29, 1.82) is 0 Å². The first-order chi connectivity index (χ1) is 7.01. The van der Waals surface area contributed by atoms with Gasteiger partial charge in [-0.15, -0.1) is 11.8 Å². The number of nitrogens with zero attached hydrogens (tertiary/aromatic N) is 1. The van der Waals surface area contributed by atoms with Gasteiger partial charge in [-0.3, -0.25) is 0 Å². The van der Waals surface area contributed by atoms with E-state index in [0.29, 0.717) is 0 Å². The average Bonchev–Trinajstić information content (AvgIpc) is 2.14. The van der Waals surface area contributed by atoms with E-state index in [1.54, 1.807) is 11.8 Å². The molecule has 84 valence electrons. The van der Waals surface area contributed by atoms with Crippen molar-refractivity contribution in [1.82, 2.24) is 10.3 Å². The van der Waals surface area contributed by atoms with E-state index in [2.05, 4.69) is 50.1 Å². The molecule has 1 heterocycles. The van der Waals surface area contributed by atoms with Crippen molar-refractivity contribution in [2.45, 2.75) is 44.0 Å². The molecule has 0 aromatic carbocycles. The maximum absolute atomic E-state index is 4.44. The van der Waals surface area contributed by atoms with Gasteiger partial charge in [0.15, 0.2) is 0 Å². The predicted molar refractivity (Wildman–Crippen MR) is 67.2 cm³/mol. The summed E-state index contributed by atoms with van der Waals surface area (Å²) in [7, 11) is 0. The van der Waals surface area contributed by atoms with Gasteiger partial charge >= 0.3 is 0 Å². The van der Waals surface area contributed by atoms with Crippen LogP contribution in [0.3, 0.4) is 0 Å². The minimum Gasteiger partial charge on any atom is -0.313 e. The third-order valence-electron chi connectivity index (χ3n) is 1.79. The lowest BCUT2D eigenvalue weighted by atomic mass is 10.3. The standard InChI is InChI=1S/C12H20N2S/c1-5-13-8-10-6-7-11(14-9-10)15-12(2,3)4/h6-7,9,13H,5,8H2,1-4H3. The van der Waals surface area contributed by atoms with Crippen LogP contribution >= 0.6 is 11.8 Å². The lowest BCUT2D eigenvalue weighted by Crippen LogP contribution is -2.12. The number of hydrogen-bond donors (Lipinski definition) is 1. The molecule has 1 N–H and O–H groups in total. The quantitative estimate of drug-likeness (QED) is 0.796. The fourth-order valence-corrected chi connectivity index (χ4v) is 2.03. The van der Waals surface area contributed by atoms with Crippen LogP contribution in [0.2, 0.25) is 0 Å². The molecule has 0 radical (unpaired) electrons. The Kier molecular flexibility index (Phi) is 4.61. The van der Waals surface area contributed by atoms with E-state index < -0.39 is 0 Å². The van der Waals surface area contributed by atoms with Gasteiger partial charge in [0, 0.05) is 17.5 Å². The molecule has 0 bridgehead atoms. The summed E-state index contributed by atoms with van der Waals surface area (Å²) >= 11 is 1.80. The number of pyridine rings is 1. The fraction of sp³-hybridized carbons (Fsp3) is 0.583. The summed E-state index contributed by atoms with van der Waals surface area (Å²) in [5.74, 6) is 0. The van der Waals surface area contributed by atoms with E-state index >= 15 is 0 Å². The fourth-order valence-electron chi connectivity index (χ4n) is 1.16. The maximum Gasteiger partial charge on any atom is 0.0965 e.